The predicted octanol–water partition coefficient (Wildman–Crippen LogP) is 3.88. The molecule has 0 fully saturated rings. The van der Waals surface area contributed by atoms with Gasteiger partial charge in [0.2, 0.25) is 0 Å². The van der Waals surface area contributed by atoms with Crippen LogP contribution < -0.4 is 0 Å². The van der Waals surface area contributed by atoms with Crippen LogP contribution in [0.1, 0.15) is 5.01 Å². The zero-order valence-electron chi connectivity index (χ0n) is 7.12. The number of benzene rings is 1. The molecule has 13 heavy (non-hydrogen) atoms. The minimum Gasteiger partial charge on any atom is -0.240 e. The monoisotopic (exact) mass is 253 g/mol. The Morgan fingerprint density at radius 2 is 1.92 bits per heavy atom. The highest BCUT2D eigenvalue weighted by Gasteiger charge is 2.07. The van der Waals surface area contributed by atoms with Crippen molar-refractivity contribution in [3.05, 3.63) is 39.1 Å². The van der Waals surface area contributed by atoms with Gasteiger partial charge in [-0.3, -0.25) is 0 Å². The average Bonchev–Trinajstić information content (AvgIpc) is 2.47. The van der Waals surface area contributed by atoms with Crippen molar-refractivity contribution in [2.75, 3.05) is 0 Å². The lowest BCUT2D eigenvalue weighted by atomic mass is 10.2. The fraction of sp³-hybridized carbons (Fsp3) is 0.100. The van der Waals surface area contributed by atoms with E-state index in [1.165, 1.54) is 5.56 Å². The van der Waals surface area contributed by atoms with Crippen LogP contribution in [-0.2, 0) is 0 Å². The Kier molecular flexibility index (Phi) is 2.47. The van der Waals surface area contributed by atoms with Crippen molar-refractivity contribution in [3.63, 3.8) is 0 Å². The van der Waals surface area contributed by atoms with E-state index in [1.54, 1.807) is 11.3 Å². The van der Waals surface area contributed by atoms with Crippen LogP contribution in [0.25, 0.3) is 11.3 Å². The Labute approximate surface area is 89.6 Å². The van der Waals surface area contributed by atoms with E-state index in [2.05, 4.69) is 33.0 Å². The highest BCUT2D eigenvalue weighted by molar-refractivity contribution is 9.11. The summed E-state index contributed by atoms with van der Waals surface area (Å²) >= 11 is 5.18. The van der Waals surface area contributed by atoms with Crippen LogP contribution in [0.3, 0.4) is 0 Å². The summed E-state index contributed by atoms with van der Waals surface area (Å²) in [7, 11) is 0. The van der Waals surface area contributed by atoms with Crippen LogP contribution in [0.5, 0.6) is 0 Å². The molecule has 0 unspecified atom stereocenters. The molecular formula is C10H8BrNS. The molecular weight excluding hydrogens is 246 g/mol. The number of aryl methyl sites for hydroxylation is 1. The third kappa shape index (κ3) is 1.81. The molecule has 0 amide bonds. The molecule has 0 spiro atoms. The van der Waals surface area contributed by atoms with E-state index < -0.39 is 0 Å². The fourth-order valence-electron chi connectivity index (χ4n) is 1.18. The van der Waals surface area contributed by atoms with Gasteiger partial charge in [-0.05, 0) is 22.9 Å². The summed E-state index contributed by atoms with van der Waals surface area (Å²) in [5.41, 5.74) is 2.21. The van der Waals surface area contributed by atoms with E-state index in [0.717, 1.165) is 14.5 Å². The second-order valence-corrected chi connectivity index (χ2v) is 5.24. The summed E-state index contributed by atoms with van der Waals surface area (Å²) in [5.74, 6) is 0. The molecule has 0 bridgehead atoms. The second-order valence-electron chi connectivity index (χ2n) is 2.72. The Balaban J connectivity index is 2.53. The lowest BCUT2D eigenvalue weighted by Gasteiger charge is -1.95. The number of rotatable bonds is 1. The Hall–Kier alpha value is -0.670. The first-order valence-corrected chi connectivity index (χ1v) is 5.56. The van der Waals surface area contributed by atoms with Crippen LogP contribution in [0.2, 0.25) is 0 Å². The van der Waals surface area contributed by atoms with E-state index >= 15 is 0 Å². The third-order valence-electron chi connectivity index (χ3n) is 1.74. The molecule has 1 nitrogen and oxygen atoms in total. The van der Waals surface area contributed by atoms with Gasteiger partial charge in [0.1, 0.15) is 0 Å². The molecule has 0 saturated carbocycles. The van der Waals surface area contributed by atoms with Crippen LogP contribution in [0, 0.1) is 6.92 Å². The van der Waals surface area contributed by atoms with Gasteiger partial charge in [0, 0.05) is 5.56 Å². The molecule has 1 heterocycles. The van der Waals surface area contributed by atoms with E-state index in [1.807, 2.05) is 25.1 Å². The molecule has 0 saturated heterocycles. The quantitative estimate of drug-likeness (QED) is 0.752. The summed E-state index contributed by atoms with van der Waals surface area (Å²) in [4.78, 5) is 4.45. The Morgan fingerprint density at radius 1 is 1.23 bits per heavy atom. The largest absolute Gasteiger partial charge is 0.240 e. The molecule has 2 rings (SSSR count). The van der Waals surface area contributed by atoms with Crippen LogP contribution in [0.15, 0.2) is 34.1 Å². The first-order valence-electron chi connectivity index (χ1n) is 3.96. The molecule has 2 aromatic rings. The topological polar surface area (TPSA) is 12.9 Å². The van der Waals surface area contributed by atoms with Crippen LogP contribution in [-0.4, -0.2) is 4.98 Å². The molecule has 0 aliphatic rings. The number of nitrogens with zero attached hydrogens (tertiary/aromatic N) is 1. The Bertz CT molecular complexity index is 408. The first kappa shape index (κ1) is 8.91. The summed E-state index contributed by atoms with van der Waals surface area (Å²) in [5, 5.41) is 1.09. The Morgan fingerprint density at radius 3 is 2.46 bits per heavy atom. The lowest BCUT2D eigenvalue weighted by Crippen LogP contribution is -1.77. The summed E-state index contributed by atoms with van der Waals surface area (Å²) < 4.78 is 1.11. The van der Waals surface area contributed by atoms with Gasteiger partial charge in [0.05, 0.1) is 14.5 Å². The molecule has 1 aromatic carbocycles. The molecule has 1 aromatic heterocycles. The smallest absolute Gasteiger partial charge is 0.0979 e. The maximum absolute atomic E-state index is 4.45. The second kappa shape index (κ2) is 3.60. The van der Waals surface area contributed by atoms with Crippen molar-refractivity contribution in [1.29, 1.82) is 0 Å². The fourth-order valence-corrected chi connectivity index (χ4v) is 2.85. The predicted molar refractivity (Wildman–Crippen MR) is 60.0 cm³/mol. The van der Waals surface area contributed by atoms with Gasteiger partial charge in [-0.25, -0.2) is 4.98 Å². The molecule has 0 aliphatic carbocycles. The third-order valence-corrected chi connectivity index (χ3v) is 3.36. The summed E-state index contributed by atoms with van der Waals surface area (Å²) in [6.07, 6.45) is 0. The molecule has 0 radical (unpaired) electrons. The molecule has 66 valence electrons. The minimum atomic E-state index is 1.04. The van der Waals surface area contributed by atoms with Crippen molar-refractivity contribution in [2.45, 2.75) is 6.92 Å². The summed E-state index contributed by atoms with van der Waals surface area (Å²) in [6, 6.07) is 10.2. The van der Waals surface area contributed by atoms with Crippen molar-refractivity contribution in [2.24, 2.45) is 0 Å². The van der Waals surface area contributed by atoms with E-state index in [0.29, 0.717) is 0 Å². The van der Waals surface area contributed by atoms with E-state index in [9.17, 15) is 0 Å². The van der Waals surface area contributed by atoms with Gasteiger partial charge >= 0.3 is 0 Å². The van der Waals surface area contributed by atoms with E-state index in [4.69, 9.17) is 0 Å². The summed E-state index contributed by atoms with van der Waals surface area (Å²) in [6.45, 7) is 2.02. The van der Waals surface area contributed by atoms with Gasteiger partial charge in [-0.1, -0.05) is 30.3 Å². The van der Waals surface area contributed by atoms with Gasteiger partial charge < -0.3 is 0 Å². The van der Waals surface area contributed by atoms with Gasteiger partial charge in [0.15, 0.2) is 0 Å². The molecule has 3 heteroatoms. The highest BCUT2D eigenvalue weighted by atomic mass is 79.9. The number of halogens is 1. The van der Waals surface area contributed by atoms with E-state index in [-0.39, 0.29) is 0 Å². The maximum atomic E-state index is 4.45. The SMILES string of the molecule is Cc1nc(-c2ccccc2)c(Br)s1. The van der Waals surface area contributed by atoms with Crippen molar-refractivity contribution < 1.29 is 0 Å². The van der Waals surface area contributed by atoms with Crippen LogP contribution in [0.4, 0.5) is 0 Å². The first-order chi connectivity index (χ1) is 6.27. The highest BCUT2D eigenvalue weighted by Crippen LogP contribution is 2.32. The standard InChI is InChI=1S/C10H8BrNS/c1-7-12-9(10(11)13-7)8-5-3-2-4-6-8/h2-6H,1H3. The molecule has 0 N–H and O–H groups in total. The number of hydrogen-bond acceptors (Lipinski definition) is 2. The maximum Gasteiger partial charge on any atom is 0.0979 e. The number of hydrogen-bond donors (Lipinski definition) is 0. The van der Waals surface area contributed by atoms with Crippen molar-refractivity contribution in [3.8, 4) is 11.3 Å². The zero-order chi connectivity index (χ0) is 9.26. The normalized spacial score (nSPS) is 10.3. The van der Waals surface area contributed by atoms with Crippen molar-refractivity contribution >= 4 is 27.3 Å². The average molecular weight is 254 g/mol. The lowest BCUT2D eigenvalue weighted by molar-refractivity contribution is 1.29. The number of aromatic nitrogens is 1. The molecule has 0 atom stereocenters. The van der Waals surface area contributed by atoms with Crippen molar-refractivity contribution in [1.82, 2.24) is 4.98 Å². The van der Waals surface area contributed by atoms with Gasteiger partial charge in [0.25, 0.3) is 0 Å². The number of thiazole rings is 1. The van der Waals surface area contributed by atoms with Gasteiger partial charge in [-0.15, -0.1) is 11.3 Å². The zero-order valence-corrected chi connectivity index (χ0v) is 9.52. The van der Waals surface area contributed by atoms with Crippen LogP contribution >= 0.6 is 27.3 Å². The minimum absolute atomic E-state index is 1.04. The molecule has 0 aliphatic heterocycles. The van der Waals surface area contributed by atoms with Gasteiger partial charge in [-0.2, -0.15) is 0 Å².